The minimum absolute atomic E-state index is 0.0942. The number of aliphatic hydroxyl groups excluding tert-OH is 1. The zero-order chi connectivity index (χ0) is 27.7. The maximum atomic E-state index is 11.4. The number of nitrogens with zero attached hydrogens (tertiary/aromatic N) is 2. The number of anilines is 1. The topological polar surface area (TPSA) is 90.3 Å². The highest BCUT2D eigenvalue weighted by Crippen LogP contribution is 2.38. The molecule has 8 heteroatoms. The van der Waals surface area contributed by atoms with Crippen molar-refractivity contribution in [2.45, 2.75) is 70.8 Å². The first-order chi connectivity index (χ1) is 18.2. The number of carbonyl (C=O) groups is 2. The van der Waals surface area contributed by atoms with Gasteiger partial charge in [0, 0.05) is 44.5 Å². The van der Waals surface area contributed by atoms with Gasteiger partial charge < -0.3 is 24.7 Å². The van der Waals surface area contributed by atoms with Gasteiger partial charge in [0.1, 0.15) is 5.75 Å². The van der Waals surface area contributed by atoms with Crippen LogP contribution < -0.4 is 9.64 Å². The van der Waals surface area contributed by atoms with Gasteiger partial charge in [0.2, 0.25) is 5.91 Å². The van der Waals surface area contributed by atoms with E-state index in [1.54, 1.807) is 30.0 Å². The number of carboxylic acids is 1. The average molecular weight is 545 g/mol. The normalized spacial score (nSPS) is 15.8. The van der Waals surface area contributed by atoms with Gasteiger partial charge in [-0.05, 0) is 60.2 Å². The van der Waals surface area contributed by atoms with Crippen molar-refractivity contribution < 1.29 is 24.5 Å². The second-order valence-corrected chi connectivity index (χ2v) is 10.7. The standard InChI is InChI=1S/C30H41ClN2O5/c1-4-10-22-17-25(31)12-13-26(22)24-19-33(16-9-7-5-6-8-15-32(3)21(2)34)27-18-23(29(35)30(36)37)11-14-28(27)38-20-24/h11-14,17-18,24,29,35H,4-10,15-16,19-20H2,1-3H3,(H,36,37). The van der Waals surface area contributed by atoms with E-state index in [4.69, 9.17) is 16.3 Å². The maximum Gasteiger partial charge on any atom is 0.337 e. The van der Waals surface area contributed by atoms with E-state index in [1.165, 1.54) is 11.1 Å². The summed E-state index contributed by atoms with van der Waals surface area (Å²) in [6.45, 7) is 6.55. The highest BCUT2D eigenvalue weighted by Gasteiger charge is 2.27. The molecular weight excluding hydrogens is 504 g/mol. The number of aliphatic hydroxyl groups is 1. The number of halogens is 1. The predicted molar refractivity (Wildman–Crippen MR) is 151 cm³/mol. The highest BCUT2D eigenvalue weighted by molar-refractivity contribution is 6.30. The molecule has 1 aliphatic rings. The van der Waals surface area contributed by atoms with Crippen molar-refractivity contribution in [2.75, 3.05) is 38.2 Å². The van der Waals surface area contributed by atoms with E-state index in [9.17, 15) is 19.8 Å². The summed E-state index contributed by atoms with van der Waals surface area (Å²) in [6.07, 6.45) is 5.55. The Labute approximate surface area is 231 Å². The lowest BCUT2D eigenvalue weighted by atomic mass is 9.92. The van der Waals surface area contributed by atoms with Crippen molar-refractivity contribution in [3.63, 3.8) is 0 Å². The number of amides is 1. The molecule has 0 aliphatic carbocycles. The van der Waals surface area contributed by atoms with Crippen molar-refractivity contribution in [1.82, 2.24) is 4.90 Å². The Morgan fingerprint density at radius 2 is 1.87 bits per heavy atom. The Kier molecular flexibility index (Phi) is 11.3. The zero-order valence-corrected chi connectivity index (χ0v) is 23.5. The summed E-state index contributed by atoms with van der Waals surface area (Å²) in [7, 11) is 1.83. The van der Waals surface area contributed by atoms with Crippen molar-refractivity contribution in [3.05, 3.63) is 58.1 Å². The van der Waals surface area contributed by atoms with Gasteiger partial charge in [0.15, 0.2) is 6.10 Å². The van der Waals surface area contributed by atoms with Crippen LogP contribution in [-0.2, 0) is 16.0 Å². The van der Waals surface area contributed by atoms with Crippen LogP contribution in [-0.4, -0.2) is 60.3 Å². The molecule has 2 N–H and O–H groups in total. The Balaban J connectivity index is 1.76. The lowest BCUT2D eigenvalue weighted by Gasteiger charge is -2.28. The van der Waals surface area contributed by atoms with Crippen LogP contribution in [0.25, 0.3) is 0 Å². The summed E-state index contributed by atoms with van der Waals surface area (Å²) in [5.74, 6) is -0.357. The Hall–Kier alpha value is -2.77. The van der Waals surface area contributed by atoms with Crippen LogP contribution in [0, 0.1) is 0 Å². The van der Waals surface area contributed by atoms with Crippen molar-refractivity contribution >= 4 is 29.2 Å². The molecule has 38 heavy (non-hydrogen) atoms. The van der Waals surface area contributed by atoms with Gasteiger partial charge in [-0.3, -0.25) is 4.79 Å². The summed E-state index contributed by atoms with van der Waals surface area (Å²) in [4.78, 5) is 26.8. The Bertz CT molecular complexity index is 1090. The molecule has 1 aliphatic heterocycles. The van der Waals surface area contributed by atoms with Gasteiger partial charge in [0.05, 0.1) is 12.3 Å². The van der Waals surface area contributed by atoms with Gasteiger partial charge in [0.25, 0.3) is 0 Å². The van der Waals surface area contributed by atoms with Crippen molar-refractivity contribution in [3.8, 4) is 5.75 Å². The minimum atomic E-state index is -1.58. The zero-order valence-electron chi connectivity index (χ0n) is 22.8. The molecule has 0 radical (unpaired) electrons. The molecule has 0 bridgehead atoms. The largest absolute Gasteiger partial charge is 0.491 e. The van der Waals surface area contributed by atoms with Gasteiger partial charge in [-0.2, -0.15) is 0 Å². The van der Waals surface area contributed by atoms with E-state index in [1.807, 2.05) is 19.2 Å². The quantitative estimate of drug-likeness (QED) is 0.309. The predicted octanol–water partition coefficient (Wildman–Crippen LogP) is 5.82. The molecular formula is C30H41ClN2O5. The lowest BCUT2D eigenvalue weighted by molar-refractivity contribution is -0.147. The first-order valence-electron chi connectivity index (χ1n) is 13.6. The number of rotatable bonds is 13. The average Bonchev–Trinajstić information content (AvgIpc) is 3.06. The van der Waals surface area contributed by atoms with Crippen LogP contribution >= 0.6 is 11.6 Å². The van der Waals surface area contributed by atoms with Crippen LogP contribution in [0.1, 0.15) is 81.1 Å². The van der Waals surface area contributed by atoms with Crippen LogP contribution in [0.3, 0.4) is 0 Å². The van der Waals surface area contributed by atoms with E-state index < -0.39 is 12.1 Å². The lowest BCUT2D eigenvalue weighted by Crippen LogP contribution is -2.30. The summed E-state index contributed by atoms with van der Waals surface area (Å²) >= 11 is 6.32. The van der Waals surface area contributed by atoms with Gasteiger partial charge in [-0.15, -0.1) is 0 Å². The second-order valence-electron chi connectivity index (χ2n) is 10.2. The Morgan fingerprint density at radius 1 is 1.13 bits per heavy atom. The molecule has 1 amide bonds. The van der Waals surface area contributed by atoms with Gasteiger partial charge in [-0.25, -0.2) is 4.79 Å². The maximum absolute atomic E-state index is 11.4. The summed E-state index contributed by atoms with van der Waals surface area (Å²) in [5.41, 5.74) is 3.63. The van der Waals surface area contributed by atoms with Crippen LogP contribution in [0.2, 0.25) is 5.02 Å². The first-order valence-corrected chi connectivity index (χ1v) is 14.0. The fourth-order valence-corrected chi connectivity index (χ4v) is 5.22. The van der Waals surface area contributed by atoms with E-state index in [2.05, 4.69) is 17.9 Å². The number of aryl methyl sites for hydroxylation is 1. The van der Waals surface area contributed by atoms with Crippen molar-refractivity contribution in [1.29, 1.82) is 0 Å². The molecule has 2 atom stereocenters. The molecule has 0 fully saturated rings. The highest BCUT2D eigenvalue weighted by atomic mass is 35.5. The monoisotopic (exact) mass is 544 g/mol. The number of ether oxygens (including phenoxy) is 1. The smallest absolute Gasteiger partial charge is 0.337 e. The van der Waals surface area contributed by atoms with Crippen LogP contribution in [0.5, 0.6) is 5.75 Å². The number of hydrogen-bond donors (Lipinski definition) is 2. The number of unbranched alkanes of at least 4 members (excludes halogenated alkanes) is 4. The van der Waals surface area contributed by atoms with E-state index in [-0.39, 0.29) is 11.8 Å². The molecule has 3 rings (SSSR count). The van der Waals surface area contributed by atoms with Crippen LogP contribution in [0.15, 0.2) is 36.4 Å². The number of carboxylic acid groups (broad SMARTS) is 1. The molecule has 0 saturated carbocycles. The summed E-state index contributed by atoms with van der Waals surface area (Å²) in [6, 6.07) is 11.2. The van der Waals surface area contributed by atoms with E-state index in [0.29, 0.717) is 17.9 Å². The third kappa shape index (κ3) is 8.11. The number of aliphatic carboxylic acids is 1. The first kappa shape index (κ1) is 29.8. The molecule has 0 saturated heterocycles. The fraction of sp³-hybridized carbons (Fsp3) is 0.533. The number of fused-ring (bicyclic) bond motifs is 1. The van der Waals surface area contributed by atoms with E-state index >= 15 is 0 Å². The summed E-state index contributed by atoms with van der Waals surface area (Å²) < 4.78 is 6.27. The molecule has 0 spiro atoms. The SMILES string of the molecule is CCCc1cc(Cl)ccc1C1COc2ccc(C(O)C(=O)O)cc2N(CCCCCCCN(C)C(C)=O)C1. The molecule has 7 nitrogen and oxygen atoms in total. The van der Waals surface area contributed by atoms with Crippen molar-refractivity contribution in [2.24, 2.45) is 0 Å². The second kappa shape index (κ2) is 14.4. The molecule has 0 aromatic heterocycles. The van der Waals surface area contributed by atoms with Gasteiger partial charge in [-0.1, -0.05) is 56.3 Å². The van der Waals surface area contributed by atoms with Gasteiger partial charge >= 0.3 is 5.97 Å². The van der Waals surface area contributed by atoms with Crippen LogP contribution in [0.4, 0.5) is 5.69 Å². The fourth-order valence-electron chi connectivity index (χ4n) is 5.02. The summed E-state index contributed by atoms with van der Waals surface area (Å²) in [5, 5.41) is 20.2. The molecule has 2 aromatic carbocycles. The molecule has 2 unspecified atom stereocenters. The van der Waals surface area contributed by atoms with E-state index in [0.717, 1.165) is 75.3 Å². The molecule has 1 heterocycles. The third-order valence-electron chi connectivity index (χ3n) is 7.28. The number of carbonyl (C=O) groups excluding carboxylic acids is 1. The molecule has 2 aromatic rings. The number of hydrogen-bond acceptors (Lipinski definition) is 5. The number of benzene rings is 2. The Morgan fingerprint density at radius 3 is 2.58 bits per heavy atom. The third-order valence-corrected chi connectivity index (χ3v) is 7.51. The molecule has 208 valence electrons. The minimum Gasteiger partial charge on any atom is -0.491 e.